The van der Waals surface area contributed by atoms with Crippen molar-refractivity contribution >= 4 is 15.9 Å². The fourth-order valence-corrected chi connectivity index (χ4v) is 4.78. The molecule has 7 nitrogen and oxygen atoms in total. The average molecular weight is 300 g/mol. The Morgan fingerprint density at radius 1 is 1.40 bits per heavy atom. The first-order valence-electron chi connectivity index (χ1n) is 6.65. The summed E-state index contributed by atoms with van der Waals surface area (Å²) in [5.41, 5.74) is 6.11. The highest BCUT2D eigenvalue weighted by Gasteiger charge is 2.36. The van der Waals surface area contributed by atoms with Crippen molar-refractivity contribution in [3.05, 3.63) is 11.4 Å². The molecule has 1 aromatic rings. The SMILES string of the molecule is Cc1n[nH]c(C)c1S(=O)(=O)N(CC(N)=O)C1CCCC1. The lowest BCUT2D eigenvalue weighted by molar-refractivity contribution is -0.118. The van der Waals surface area contributed by atoms with E-state index in [0.717, 1.165) is 25.7 Å². The molecule has 20 heavy (non-hydrogen) atoms. The number of amides is 1. The molecular formula is C12H20N4O3S. The largest absolute Gasteiger partial charge is 0.369 e. The number of aromatic amines is 1. The molecule has 1 saturated carbocycles. The van der Waals surface area contributed by atoms with E-state index in [1.54, 1.807) is 13.8 Å². The lowest BCUT2D eigenvalue weighted by Gasteiger charge is -2.26. The maximum atomic E-state index is 12.8. The summed E-state index contributed by atoms with van der Waals surface area (Å²) in [4.78, 5) is 11.4. The normalized spacial score (nSPS) is 16.9. The van der Waals surface area contributed by atoms with Crippen LogP contribution in [-0.4, -0.2) is 41.4 Å². The molecule has 0 unspecified atom stereocenters. The standard InChI is InChI=1S/C12H20N4O3S/c1-8-12(9(2)15-14-8)20(18,19)16(7-11(13)17)10-5-3-4-6-10/h10H,3-7H2,1-2H3,(H2,13,17)(H,14,15). The lowest BCUT2D eigenvalue weighted by atomic mass is 10.2. The van der Waals surface area contributed by atoms with Gasteiger partial charge in [-0.3, -0.25) is 9.89 Å². The van der Waals surface area contributed by atoms with Gasteiger partial charge in [0.1, 0.15) is 4.90 Å². The molecule has 0 radical (unpaired) electrons. The zero-order chi connectivity index (χ0) is 14.9. The average Bonchev–Trinajstić information content (AvgIpc) is 2.96. The van der Waals surface area contributed by atoms with Crippen molar-refractivity contribution in [2.45, 2.75) is 50.5 Å². The molecule has 2 rings (SSSR count). The third-order valence-corrected chi connectivity index (χ3v) is 5.83. The van der Waals surface area contributed by atoms with Crippen molar-refractivity contribution in [1.29, 1.82) is 0 Å². The lowest BCUT2D eigenvalue weighted by Crippen LogP contribution is -2.44. The number of nitrogens with zero attached hydrogens (tertiary/aromatic N) is 2. The Bertz CT molecular complexity index is 583. The van der Waals surface area contributed by atoms with Crippen molar-refractivity contribution in [3.8, 4) is 0 Å². The van der Waals surface area contributed by atoms with Gasteiger partial charge in [0.15, 0.2) is 0 Å². The molecule has 0 atom stereocenters. The number of nitrogens with one attached hydrogen (secondary N) is 1. The van der Waals surface area contributed by atoms with Crippen LogP contribution in [0.2, 0.25) is 0 Å². The van der Waals surface area contributed by atoms with Crippen LogP contribution < -0.4 is 5.73 Å². The molecule has 8 heteroatoms. The van der Waals surface area contributed by atoms with Crippen molar-refractivity contribution < 1.29 is 13.2 Å². The molecule has 1 fully saturated rings. The van der Waals surface area contributed by atoms with E-state index in [4.69, 9.17) is 5.73 Å². The van der Waals surface area contributed by atoms with Gasteiger partial charge in [0.05, 0.1) is 17.9 Å². The highest BCUT2D eigenvalue weighted by Crippen LogP contribution is 2.30. The Morgan fingerprint density at radius 3 is 2.45 bits per heavy atom. The number of primary amides is 1. The highest BCUT2D eigenvalue weighted by atomic mass is 32.2. The van der Waals surface area contributed by atoms with Crippen LogP contribution in [0.4, 0.5) is 0 Å². The van der Waals surface area contributed by atoms with Crippen LogP contribution in [0.3, 0.4) is 0 Å². The Hall–Kier alpha value is -1.41. The van der Waals surface area contributed by atoms with Crippen LogP contribution in [0.25, 0.3) is 0 Å². The second-order valence-electron chi connectivity index (χ2n) is 5.22. The van der Waals surface area contributed by atoms with Crippen LogP contribution in [0, 0.1) is 13.8 Å². The van der Waals surface area contributed by atoms with E-state index >= 15 is 0 Å². The van der Waals surface area contributed by atoms with Crippen molar-refractivity contribution in [2.75, 3.05) is 6.54 Å². The molecule has 0 saturated heterocycles. The quantitative estimate of drug-likeness (QED) is 0.822. The van der Waals surface area contributed by atoms with Gasteiger partial charge in [-0.25, -0.2) is 8.42 Å². The number of hydrogen-bond donors (Lipinski definition) is 2. The van der Waals surface area contributed by atoms with E-state index in [0.29, 0.717) is 11.4 Å². The molecule has 1 aliphatic rings. The molecule has 3 N–H and O–H groups in total. The molecular weight excluding hydrogens is 280 g/mol. The van der Waals surface area contributed by atoms with E-state index in [1.807, 2.05) is 0 Å². The number of aromatic nitrogens is 2. The van der Waals surface area contributed by atoms with Gasteiger partial charge in [-0.2, -0.15) is 9.40 Å². The molecule has 112 valence electrons. The van der Waals surface area contributed by atoms with Gasteiger partial charge >= 0.3 is 0 Å². The summed E-state index contributed by atoms with van der Waals surface area (Å²) in [6.07, 6.45) is 3.47. The third kappa shape index (κ3) is 2.71. The number of rotatable bonds is 5. The van der Waals surface area contributed by atoms with Crippen molar-refractivity contribution in [1.82, 2.24) is 14.5 Å². The zero-order valence-corrected chi connectivity index (χ0v) is 12.5. The van der Waals surface area contributed by atoms with Crippen LogP contribution in [0.15, 0.2) is 4.90 Å². The number of sulfonamides is 1. The Kier molecular flexibility index (Phi) is 4.14. The van der Waals surface area contributed by atoms with Crippen molar-refractivity contribution in [2.24, 2.45) is 5.73 Å². The van der Waals surface area contributed by atoms with Crippen LogP contribution in [0.5, 0.6) is 0 Å². The highest BCUT2D eigenvalue weighted by molar-refractivity contribution is 7.89. The third-order valence-electron chi connectivity index (χ3n) is 3.67. The van der Waals surface area contributed by atoms with Gasteiger partial charge in [0.25, 0.3) is 0 Å². The number of nitrogens with two attached hydrogens (primary N) is 1. The Balaban J connectivity index is 2.43. The van der Waals surface area contributed by atoms with Gasteiger partial charge in [-0.15, -0.1) is 0 Å². The van der Waals surface area contributed by atoms with E-state index in [9.17, 15) is 13.2 Å². The summed E-state index contributed by atoms with van der Waals surface area (Å²) in [6.45, 7) is 3.01. The summed E-state index contributed by atoms with van der Waals surface area (Å²) in [7, 11) is -3.76. The maximum Gasteiger partial charge on any atom is 0.247 e. The van der Waals surface area contributed by atoms with Gasteiger partial charge in [-0.05, 0) is 26.7 Å². The summed E-state index contributed by atoms with van der Waals surface area (Å²) < 4.78 is 26.9. The van der Waals surface area contributed by atoms with Crippen LogP contribution in [0.1, 0.15) is 37.1 Å². The number of aryl methyl sites for hydroxylation is 2. The van der Waals surface area contributed by atoms with E-state index < -0.39 is 15.9 Å². The van der Waals surface area contributed by atoms with E-state index in [-0.39, 0.29) is 17.5 Å². The molecule has 0 bridgehead atoms. The molecule has 1 amide bonds. The van der Waals surface area contributed by atoms with Gasteiger partial charge in [0.2, 0.25) is 15.9 Å². The smallest absolute Gasteiger partial charge is 0.247 e. The number of H-pyrrole nitrogens is 1. The fraction of sp³-hybridized carbons (Fsp3) is 0.667. The molecule has 0 aliphatic heterocycles. The minimum atomic E-state index is -3.76. The second-order valence-corrected chi connectivity index (χ2v) is 7.05. The summed E-state index contributed by atoms with van der Waals surface area (Å²) in [5.74, 6) is -0.640. The number of carbonyl (C=O) groups is 1. The second kappa shape index (κ2) is 5.53. The number of hydrogen-bond acceptors (Lipinski definition) is 4. The summed E-state index contributed by atoms with van der Waals surface area (Å²) in [6, 6.07) is -0.152. The summed E-state index contributed by atoms with van der Waals surface area (Å²) in [5, 5.41) is 6.59. The maximum absolute atomic E-state index is 12.8. The Labute approximate surface area is 118 Å². The first-order valence-corrected chi connectivity index (χ1v) is 8.09. The van der Waals surface area contributed by atoms with E-state index in [2.05, 4.69) is 10.2 Å². The van der Waals surface area contributed by atoms with Gasteiger partial charge in [0, 0.05) is 6.04 Å². The minimum absolute atomic E-state index is 0.152. The first kappa shape index (κ1) is 15.0. The molecule has 0 aromatic carbocycles. The Morgan fingerprint density at radius 2 is 2.00 bits per heavy atom. The first-order chi connectivity index (χ1) is 9.34. The van der Waals surface area contributed by atoms with Crippen LogP contribution >= 0.6 is 0 Å². The monoisotopic (exact) mass is 300 g/mol. The zero-order valence-electron chi connectivity index (χ0n) is 11.7. The molecule has 0 spiro atoms. The fourth-order valence-electron chi connectivity index (χ4n) is 2.79. The van der Waals surface area contributed by atoms with Crippen molar-refractivity contribution in [3.63, 3.8) is 0 Å². The predicted molar refractivity (Wildman–Crippen MR) is 73.4 cm³/mol. The molecule has 1 aliphatic carbocycles. The van der Waals surface area contributed by atoms with Gasteiger partial charge in [-0.1, -0.05) is 12.8 Å². The minimum Gasteiger partial charge on any atom is -0.369 e. The number of carbonyl (C=O) groups excluding carboxylic acids is 1. The molecule has 1 aromatic heterocycles. The predicted octanol–water partition coefficient (Wildman–Crippen LogP) is 0.445. The van der Waals surface area contributed by atoms with E-state index in [1.165, 1.54) is 4.31 Å². The molecule has 1 heterocycles. The summed E-state index contributed by atoms with van der Waals surface area (Å²) >= 11 is 0. The van der Waals surface area contributed by atoms with Crippen LogP contribution in [-0.2, 0) is 14.8 Å². The topological polar surface area (TPSA) is 109 Å². The van der Waals surface area contributed by atoms with Gasteiger partial charge < -0.3 is 5.73 Å².